The van der Waals surface area contributed by atoms with Crippen molar-refractivity contribution in [3.8, 4) is 0 Å². The SMILES string of the molecule is CO[Si](OC)(OC)c1ccc(CC2CCCCC2)cc1. The highest BCUT2D eigenvalue weighted by molar-refractivity contribution is 6.75. The predicted octanol–water partition coefficient (Wildman–Crippen LogP) is 2.89. The van der Waals surface area contributed by atoms with Crippen LogP contribution in [0.2, 0.25) is 0 Å². The van der Waals surface area contributed by atoms with E-state index in [4.69, 9.17) is 13.3 Å². The molecule has 1 fully saturated rings. The molecular weight excluding hydrogens is 268 g/mol. The summed E-state index contributed by atoms with van der Waals surface area (Å²) in [5.74, 6) is 0.865. The maximum atomic E-state index is 5.51. The molecule has 0 N–H and O–H groups in total. The quantitative estimate of drug-likeness (QED) is 0.755. The predicted molar refractivity (Wildman–Crippen MR) is 83.1 cm³/mol. The Hall–Kier alpha value is -0.683. The first-order valence-corrected chi connectivity index (χ1v) is 9.21. The fourth-order valence-corrected chi connectivity index (χ4v) is 4.96. The molecule has 20 heavy (non-hydrogen) atoms. The lowest BCUT2D eigenvalue weighted by Gasteiger charge is -2.25. The molecule has 0 atom stereocenters. The van der Waals surface area contributed by atoms with E-state index in [-0.39, 0.29) is 0 Å². The van der Waals surface area contributed by atoms with Crippen LogP contribution in [0.15, 0.2) is 24.3 Å². The van der Waals surface area contributed by atoms with Gasteiger partial charge >= 0.3 is 8.80 Å². The van der Waals surface area contributed by atoms with E-state index in [2.05, 4.69) is 24.3 Å². The van der Waals surface area contributed by atoms with Gasteiger partial charge < -0.3 is 13.3 Å². The van der Waals surface area contributed by atoms with Crippen molar-refractivity contribution in [3.63, 3.8) is 0 Å². The molecule has 4 heteroatoms. The van der Waals surface area contributed by atoms with Gasteiger partial charge in [0.2, 0.25) is 0 Å². The van der Waals surface area contributed by atoms with Crippen LogP contribution in [0.3, 0.4) is 0 Å². The van der Waals surface area contributed by atoms with E-state index in [0.29, 0.717) is 0 Å². The Labute approximate surface area is 123 Å². The largest absolute Gasteiger partial charge is 0.536 e. The maximum Gasteiger partial charge on any atom is 0.536 e. The van der Waals surface area contributed by atoms with E-state index < -0.39 is 8.80 Å². The van der Waals surface area contributed by atoms with Crippen LogP contribution < -0.4 is 5.19 Å². The van der Waals surface area contributed by atoms with Gasteiger partial charge in [0, 0.05) is 26.5 Å². The Balaban J connectivity index is 2.05. The Bertz CT molecular complexity index is 386. The Morgan fingerprint density at radius 1 is 0.900 bits per heavy atom. The Morgan fingerprint density at radius 2 is 1.45 bits per heavy atom. The minimum absolute atomic E-state index is 0.865. The molecule has 1 aromatic carbocycles. The number of hydrogen-bond acceptors (Lipinski definition) is 3. The van der Waals surface area contributed by atoms with Gasteiger partial charge in [0.25, 0.3) is 0 Å². The van der Waals surface area contributed by atoms with Gasteiger partial charge in [-0.2, -0.15) is 0 Å². The summed E-state index contributed by atoms with van der Waals surface area (Å²) in [4.78, 5) is 0. The highest BCUT2D eigenvalue weighted by atomic mass is 28.4. The number of hydrogen-bond donors (Lipinski definition) is 0. The summed E-state index contributed by atoms with van der Waals surface area (Å²) in [5, 5.41) is 1.03. The third-order valence-corrected chi connectivity index (χ3v) is 7.02. The van der Waals surface area contributed by atoms with E-state index in [1.165, 1.54) is 44.1 Å². The molecule has 1 aliphatic carbocycles. The highest BCUT2D eigenvalue weighted by Gasteiger charge is 2.40. The topological polar surface area (TPSA) is 27.7 Å². The van der Waals surface area contributed by atoms with Gasteiger partial charge in [0.1, 0.15) is 0 Å². The van der Waals surface area contributed by atoms with Crippen LogP contribution in [-0.2, 0) is 19.7 Å². The molecule has 112 valence electrons. The van der Waals surface area contributed by atoms with E-state index in [0.717, 1.165) is 11.1 Å². The molecule has 1 aliphatic rings. The summed E-state index contributed by atoms with van der Waals surface area (Å²) < 4.78 is 16.5. The van der Waals surface area contributed by atoms with Crippen molar-refractivity contribution in [2.24, 2.45) is 5.92 Å². The van der Waals surface area contributed by atoms with E-state index >= 15 is 0 Å². The van der Waals surface area contributed by atoms with E-state index in [1.54, 1.807) is 21.3 Å². The molecule has 3 nitrogen and oxygen atoms in total. The standard InChI is InChI=1S/C16H26O3Si/c1-17-20(18-2,19-3)16-11-9-15(10-12-16)13-14-7-5-4-6-8-14/h9-12,14H,4-8,13H2,1-3H3. The molecule has 0 aliphatic heterocycles. The smallest absolute Gasteiger partial charge is 0.373 e. The molecular formula is C16H26O3Si. The van der Waals surface area contributed by atoms with Gasteiger partial charge in [-0.05, 0) is 17.9 Å². The fraction of sp³-hybridized carbons (Fsp3) is 0.625. The van der Waals surface area contributed by atoms with Gasteiger partial charge in [0.15, 0.2) is 0 Å². The average molecular weight is 294 g/mol. The van der Waals surface area contributed by atoms with Crippen molar-refractivity contribution in [1.29, 1.82) is 0 Å². The second-order valence-electron chi connectivity index (χ2n) is 5.57. The van der Waals surface area contributed by atoms with Crippen molar-refractivity contribution >= 4 is 14.0 Å². The summed E-state index contributed by atoms with van der Waals surface area (Å²) in [6, 6.07) is 8.59. The van der Waals surface area contributed by atoms with Crippen molar-refractivity contribution in [3.05, 3.63) is 29.8 Å². The summed E-state index contributed by atoms with van der Waals surface area (Å²) >= 11 is 0. The minimum atomic E-state index is -2.67. The molecule has 1 aromatic rings. The molecule has 1 saturated carbocycles. The number of rotatable bonds is 6. The third kappa shape index (κ3) is 3.50. The molecule has 0 bridgehead atoms. The van der Waals surface area contributed by atoms with Crippen molar-refractivity contribution in [2.75, 3.05) is 21.3 Å². The monoisotopic (exact) mass is 294 g/mol. The summed E-state index contributed by atoms with van der Waals surface area (Å²) in [6.45, 7) is 0. The van der Waals surface area contributed by atoms with Crippen LogP contribution in [0.5, 0.6) is 0 Å². The molecule has 0 aromatic heterocycles. The number of benzene rings is 1. The second kappa shape index (κ2) is 7.36. The Kier molecular flexibility index (Phi) is 5.78. The van der Waals surface area contributed by atoms with Gasteiger partial charge in [-0.15, -0.1) is 0 Å². The first kappa shape index (κ1) is 15.7. The van der Waals surface area contributed by atoms with E-state index in [9.17, 15) is 0 Å². The van der Waals surface area contributed by atoms with Crippen LogP contribution in [0.25, 0.3) is 0 Å². The first-order chi connectivity index (χ1) is 9.74. The van der Waals surface area contributed by atoms with Crippen LogP contribution in [0.4, 0.5) is 0 Å². The second-order valence-corrected chi connectivity index (χ2v) is 8.49. The van der Waals surface area contributed by atoms with Gasteiger partial charge in [-0.1, -0.05) is 56.4 Å². The lowest BCUT2D eigenvalue weighted by atomic mass is 9.85. The van der Waals surface area contributed by atoms with Crippen molar-refractivity contribution in [2.45, 2.75) is 38.5 Å². The normalized spacial score (nSPS) is 17.4. The lowest BCUT2D eigenvalue weighted by molar-refractivity contribution is 0.140. The average Bonchev–Trinajstić information content (AvgIpc) is 2.52. The zero-order valence-corrected chi connectivity index (χ0v) is 13.9. The first-order valence-electron chi connectivity index (χ1n) is 7.49. The third-order valence-electron chi connectivity index (χ3n) is 4.36. The van der Waals surface area contributed by atoms with E-state index in [1.807, 2.05) is 0 Å². The Morgan fingerprint density at radius 3 is 1.95 bits per heavy atom. The van der Waals surface area contributed by atoms with Crippen LogP contribution >= 0.6 is 0 Å². The van der Waals surface area contributed by atoms with Crippen molar-refractivity contribution in [1.82, 2.24) is 0 Å². The molecule has 0 radical (unpaired) electrons. The van der Waals surface area contributed by atoms with Crippen molar-refractivity contribution < 1.29 is 13.3 Å². The maximum absolute atomic E-state index is 5.51. The fourth-order valence-electron chi connectivity index (χ4n) is 3.17. The molecule has 0 unspecified atom stereocenters. The summed E-state index contributed by atoms with van der Waals surface area (Å²) in [6.07, 6.45) is 8.18. The van der Waals surface area contributed by atoms with Gasteiger partial charge in [-0.25, -0.2) is 0 Å². The van der Waals surface area contributed by atoms with Gasteiger partial charge in [-0.3, -0.25) is 0 Å². The summed E-state index contributed by atoms with van der Waals surface area (Å²) in [7, 11) is 2.28. The zero-order chi connectivity index (χ0) is 14.4. The van der Waals surface area contributed by atoms with Crippen LogP contribution in [0, 0.1) is 5.92 Å². The highest BCUT2D eigenvalue weighted by Crippen LogP contribution is 2.26. The van der Waals surface area contributed by atoms with Crippen LogP contribution in [-0.4, -0.2) is 30.1 Å². The molecule has 0 saturated heterocycles. The minimum Gasteiger partial charge on any atom is -0.373 e. The molecule has 2 rings (SSSR count). The molecule has 0 heterocycles. The lowest BCUT2D eigenvalue weighted by Crippen LogP contribution is -2.54. The molecule has 0 spiro atoms. The van der Waals surface area contributed by atoms with Gasteiger partial charge in [0.05, 0.1) is 0 Å². The van der Waals surface area contributed by atoms with Crippen LogP contribution in [0.1, 0.15) is 37.7 Å². The zero-order valence-electron chi connectivity index (χ0n) is 12.9. The summed E-state index contributed by atoms with van der Waals surface area (Å²) in [5.41, 5.74) is 1.41. The molecule has 0 amide bonds.